The van der Waals surface area contributed by atoms with Gasteiger partial charge in [-0.1, -0.05) is 37.8 Å². The smallest absolute Gasteiger partial charge is 0.342 e. The summed E-state index contributed by atoms with van der Waals surface area (Å²) in [7, 11) is 0. The molecule has 1 aliphatic rings. The molecule has 1 amide bonds. The SMILES string of the molecule is C=CC(CC)OC(=O)C1=CN(C(=O)c2ccc(F)cc2)CCc2c1[nH]c1ccccc21. The Morgan fingerprint density at radius 3 is 2.68 bits per heavy atom. The monoisotopic (exact) mass is 418 g/mol. The number of amides is 1. The van der Waals surface area contributed by atoms with Gasteiger partial charge >= 0.3 is 5.97 Å². The van der Waals surface area contributed by atoms with Crippen LogP contribution in [-0.4, -0.2) is 34.4 Å². The molecule has 1 atom stereocenters. The molecule has 158 valence electrons. The molecule has 0 saturated heterocycles. The Bertz CT molecular complexity index is 1180. The summed E-state index contributed by atoms with van der Waals surface area (Å²) in [6.07, 6.45) is 3.84. The number of nitrogens with zero attached hydrogens (tertiary/aromatic N) is 1. The number of benzene rings is 2. The standard InChI is InChI=1S/C25H23FN2O3/c1-3-18(4-2)31-25(30)21-15-28(24(29)16-9-11-17(26)12-10-16)14-13-20-19-7-5-6-8-22(19)27-23(20)21/h3,5-12,15,18,27H,1,4,13-14H2,2H3. The van der Waals surface area contributed by atoms with Crippen molar-refractivity contribution in [2.24, 2.45) is 0 Å². The van der Waals surface area contributed by atoms with Gasteiger partial charge in [-0.25, -0.2) is 9.18 Å². The van der Waals surface area contributed by atoms with Crippen LogP contribution in [0, 0.1) is 5.82 Å². The lowest BCUT2D eigenvalue weighted by molar-refractivity contribution is -0.139. The average Bonchev–Trinajstić information content (AvgIpc) is 3.04. The molecule has 6 heteroatoms. The highest BCUT2D eigenvalue weighted by molar-refractivity contribution is 6.18. The van der Waals surface area contributed by atoms with Crippen molar-refractivity contribution in [3.05, 3.63) is 90.0 Å². The van der Waals surface area contributed by atoms with Crippen molar-refractivity contribution in [1.29, 1.82) is 0 Å². The molecule has 0 saturated carbocycles. The van der Waals surface area contributed by atoms with Gasteiger partial charge in [-0.15, -0.1) is 0 Å². The summed E-state index contributed by atoms with van der Waals surface area (Å²) < 4.78 is 18.9. The Labute approximate surface area is 179 Å². The second-order valence-electron chi connectivity index (χ2n) is 7.41. The van der Waals surface area contributed by atoms with Crippen LogP contribution < -0.4 is 0 Å². The minimum Gasteiger partial charge on any atom is -0.454 e. The van der Waals surface area contributed by atoms with E-state index in [0.717, 1.165) is 16.5 Å². The van der Waals surface area contributed by atoms with E-state index in [-0.39, 0.29) is 11.5 Å². The third kappa shape index (κ3) is 4.01. The summed E-state index contributed by atoms with van der Waals surface area (Å²) in [6.45, 7) is 6.00. The molecule has 3 aromatic rings. The Morgan fingerprint density at radius 2 is 1.97 bits per heavy atom. The first kappa shape index (κ1) is 20.6. The van der Waals surface area contributed by atoms with Crippen LogP contribution in [0.5, 0.6) is 0 Å². The molecule has 1 unspecified atom stereocenters. The molecule has 1 aromatic heterocycles. The molecule has 1 aliphatic heterocycles. The van der Waals surface area contributed by atoms with E-state index in [9.17, 15) is 14.0 Å². The first-order chi connectivity index (χ1) is 15.0. The molecule has 0 spiro atoms. The van der Waals surface area contributed by atoms with Gasteiger partial charge in [-0.2, -0.15) is 0 Å². The lowest BCUT2D eigenvalue weighted by Crippen LogP contribution is -2.28. The van der Waals surface area contributed by atoms with Crippen LogP contribution in [-0.2, 0) is 16.0 Å². The van der Waals surface area contributed by atoms with E-state index in [0.29, 0.717) is 30.6 Å². The second-order valence-corrected chi connectivity index (χ2v) is 7.41. The zero-order valence-electron chi connectivity index (χ0n) is 17.2. The normalized spacial score (nSPS) is 14.4. The number of nitrogens with one attached hydrogen (secondary N) is 1. The highest BCUT2D eigenvalue weighted by atomic mass is 19.1. The molecule has 5 nitrogen and oxygen atoms in total. The maximum absolute atomic E-state index is 13.3. The molecule has 31 heavy (non-hydrogen) atoms. The highest BCUT2D eigenvalue weighted by Crippen LogP contribution is 2.32. The number of hydrogen-bond acceptors (Lipinski definition) is 3. The van der Waals surface area contributed by atoms with Crippen LogP contribution >= 0.6 is 0 Å². The maximum atomic E-state index is 13.3. The summed E-state index contributed by atoms with van der Waals surface area (Å²) in [4.78, 5) is 31.0. The lowest BCUT2D eigenvalue weighted by Gasteiger charge is -2.18. The predicted molar refractivity (Wildman–Crippen MR) is 118 cm³/mol. The molecular formula is C25H23FN2O3. The van der Waals surface area contributed by atoms with Crippen LogP contribution in [0.25, 0.3) is 16.5 Å². The topological polar surface area (TPSA) is 62.4 Å². The fourth-order valence-corrected chi connectivity index (χ4v) is 3.78. The third-order valence-electron chi connectivity index (χ3n) is 5.47. The van der Waals surface area contributed by atoms with Gasteiger partial charge in [-0.05, 0) is 48.7 Å². The fourth-order valence-electron chi connectivity index (χ4n) is 3.78. The summed E-state index contributed by atoms with van der Waals surface area (Å²) in [5, 5.41) is 1.00. The van der Waals surface area contributed by atoms with Crippen LogP contribution in [0.15, 0.2) is 67.4 Å². The largest absolute Gasteiger partial charge is 0.454 e. The van der Waals surface area contributed by atoms with Gasteiger partial charge in [-0.3, -0.25) is 4.79 Å². The number of halogens is 1. The molecular weight excluding hydrogens is 395 g/mol. The van der Waals surface area contributed by atoms with Gasteiger partial charge in [0.05, 0.1) is 11.3 Å². The molecule has 1 N–H and O–H groups in total. The molecule has 4 rings (SSSR count). The zero-order chi connectivity index (χ0) is 22.0. The van der Waals surface area contributed by atoms with Crippen molar-refractivity contribution in [3.8, 4) is 0 Å². The Kier molecular flexibility index (Phi) is 5.71. The highest BCUT2D eigenvalue weighted by Gasteiger charge is 2.28. The summed E-state index contributed by atoms with van der Waals surface area (Å²) in [6, 6.07) is 13.2. The lowest BCUT2D eigenvalue weighted by atomic mass is 10.0. The van der Waals surface area contributed by atoms with Crippen molar-refractivity contribution >= 4 is 28.4 Å². The molecule has 0 aliphatic carbocycles. The number of carbonyl (C=O) groups excluding carboxylic acids is 2. The Morgan fingerprint density at radius 1 is 1.23 bits per heavy atom. The van der Waals surface area contributed by atoms with Gasteiger partial charge in [0.25, 0.3) is 5.91 Å². The van der Waals surface area contributed by atoms with Gasteiger partial charge < -0.3 is 14.6 Å². The van der Waals surface area contributed by atoms with E-state index in [4.69, 9.17) is 4.74 Å². The van der Waals surface area contributed by atoms with E-state index in [1.54, 1.807) is 6.08 Å². The molecule has 0 bridgehead atoms. The molecule has 0 fully saturated rings. The quantitative estimate of drug-likeness (QED) is 0.476. The number of hydrogen-bond donors (Lipinski definition) is 1. The number of para-hydroxylation sites is 1. The number of rotatable bonds is 5. The van der Waals surface area contributed by atoms with E-state index < -0.39 is 17.9 Å². The minimum absolute atomic E-state index is 0.277. The number of esters is 1. The van der Waals surface area contributed by atoms with Crippen LogP contribution in [0.3, 0.4) is 0 Å². The van der Waals surface area contributed by atoms with E-state index in [1.165, 1.54) is 35.4 Å². The third-order valence-corrected chi connectivity index (χ3v) is 5.47. The van der Waals surface area contributed by atoms with Crippen molar-refractivity contribution < 1.29 is 18.7 Å². The summed E-state index contributed by atoms with van der Waals surface area (Å²) in [5.74, 6) is -1.25. The minimum atomic E-state index is -0.529. The Balaban J connectivity index is 1.77. The first-order valence-electron chi connectivity index (χ1n) is 10.2. The number of carbonyl (C=O) groups is 2. The van der Waals surface area contributed by atoms with Crippen LogP contribution in [0.2, 0.25) is 0 Å². The summed E-state index contributed by atoms with van der Waals surface area (Å²) in [5.41, 5.74) is 3.15. The number of aromatic amines is 1. The van der Waals surface area contributed by atoms with Crippen molar-refractivity contribution in [1.82, 2.24) is 9.88 Å². The van der Waals surface area contributed by atoms with E-state index >= 15 is 0 Å². The van der Waals surface area contributed by atoms with Crippen LogP contribution in [0.1, 0.15) is 35.0 Å². The van der Waals surface area contributed by atoms with Crippen molar-refractivity contribution in [3.63, 3.8) is 0 Å². The van der Waals surface area contributed by atoms with Gasteiger partial charge in [0.2, 0.25) is 0 Å². The first-order valence-corrected chi connectivity index (χ1v) is 10.2. The number of H-pyrrole nitrogens is 1. The van der Waals surface area contributed by atoms with Crippen molar-refractivity contribution in [2.45, 2.75) is 25.9 Å². The van der Waals surface area contributed by atoms with E-state index in [1.807, 2.05) is 31.2 Å². The van der Waals surface area contributed by atoms with E-state index in [2.05, 4.69) is 11.6 Å². The van der Waals surface area contributed by atoms with Crippen LogP contribution in [0.4, 0.5) is 4.39 Å². The van der Waals surface area contributed by atoms with Gasteiger partial charge in [0, 0.05) is 29.2 Å². The van der Waals surface area contributed by atoms with Gasteiger partial charge in [0.15, 0.2) is 0 Å². The average molecular weight is 418 g/mol. The van der Waals surface area contributed by atoms with Gasteiger partial charge in [0.1, 0.15) is 11.9 Å². The second kappa shape index (κ2) is 8.60. The molecule has 2 aromatic carbocycles. The predicted octanol–water partition coefficient (Wildman–Crippen LogP) is 4.85. The van der Waals surface area contributed by atoms with Crippen molar-refractivity contribution in [2.75, 3.05) is 6.54 Å². The molecule has 2 heterocycles. The zero-order valence-corrected chi connectivity index (χ0v) is 17.2. The Hall–Kier alpha value is -3.67. The fraction of sp³-hybridized carbons (Fsp3) is 0.200. The number of aromatic nitrogens is 1. The number of ether oxygens (including phenoxy) is 1. The summed E-state index contributed by atoms with van der Waals surface area (Å²) >= 11 is 0. The molecule has 0 radical (unpaired) electrons. The number of fused-ring (bicyclic) bond motifs is 3. The maximum Gasteiger partial charge on any atom is 0.342 e.